The molecule has 0 fully saturated rings. The molecule has 0 bridgehead atoms. The summed E-state index contributed by atoms with van der Waals surface area (Å²) < 4.78 is 5.98. The fourth-order valence-electron chi connectivity index (χ4n) is 3.94. The van der Waals surface area contributed by atoms with E-state index in [1.807, 2.05) is 0 Å². The van der Waals surface area contributed by atoms with Crippen molar-refractivity contribution < 1.29 is 0 Å². The second-order valence-corrected chi connectivity index (χ2v) is 18.5. The largest absolute Gasteiger partial charge is 0.312 e. The highest BCUT2D eigenvalue weighted by Gasteiger charge is 2.43. The van der Waals surface area contributed by atoms with Crippen LogP contribution in [0.15, 0.2) is 12.3 Å². The van der Waals surface area contributed by atoms with Gasteiger partial charge in [0.2, 0.25) is 8.40 Å². The Morgan fingerprint density at radius 1 is 0.654 bits per heavy atom. The summed E-state index contributed by atoms with van der Waals surface area (Å²) in [5.41, 5.74) is 3.78. The molecular weight excluding hydrogens is 348 g/mol. The molecule has 0 spiro atoms. The van der Waals surface area contributed by atoms with Crippen molar-refractivity contribution in [3.63, 3.8) is 0 Å². The third kappa shape index (κ3) is 9.34. The molecule has 0 atom stereocenters. The molecule has 0 aromatic heterocycles. The monoisotopic (exact) mass is 398 g/mol. The van der Waals surface area contributed by atoms with Crippen molar-refractivity contribution in [2.45, 2.75) is 104 Å². The lowest BCUT2D eigenvalue weighted by Gasteiger charge is -2.50. The number of hydrogen-bond acceptors (Lipinski definition) is 2. The molecule has 0 aliphatic carbocycles. The molecule has 0 unspecified atom stereocenters. The van der Waals surface area contributed by atoms with E-state index in [1.165, 1.54) is 83.2 Å². The van der Waals surface area contributed by atoms with E-state index in [0.29, 0.717) is 0 Å². The summed E-state index contributed by atoms with van der Waals surface area (Å²) in [6, 6.07) is 0. The predicted octanol–water partition coefficient (Wildman–Crippen LogP) is 6.84. The Labute approximate surface area is 168 Å². The van der Waals surface area contributed by atoms with Crippen LogP contribution < -0.4 is 0 Å². The Balaban J connectivity index is 5.75. The van der Waals surface area contributed by atoms with E-state index in [4.69, 9.17) is 0 Å². The Bertz CT molecular complexity index is 322. The topological polar surface area (TPSA) is 6.48 Å². The highest BCUT2D eigenvalue weighted by molar-refractivity contribution is 6.95. The molecule has 26 heavy (non-hydrogen) atoms. The lowest BCUT2D eigenvalue weighted by molar-refractivity contribution is 0.308. The van der Waals surface area contributed by atoms with E-state index >= 15 is 0 Å². The van der Waals surface area contributed by atoms with Gasteiger partial charge in [0, 0.05) is 0 Å². The summed E-state index contributed by atoms with van der Waals surface area (Å²) >= 11 is 0. The zero-order valence-electron chi connectivity index (χ0n) is 19.4. The van der Waals surface area contributed by atoms with Gasteiger partial charge in [-0.2, -0.15) is 0 Å². The molecule has 0 amide bonds. The lowest BCUT2D eigenvalue weighted by atomic mass is 10.3. The first kappa shape index (κ1) is 26.1. The molecule has 0 radical (unpaired) electrons. The van der Waals surface area contributed by atoms with Gasteiger partial charge >= 0.3 is 0 Å². The van der Waals surface area contributed by atoms with Crippen LogP contribution in [-0.2, 0) is 0 Å². The molecule has 0 aromatic rings. The first-order valence-electron chi connectivity index (χ1n) is 11.4. The van der Waals surface area contributed by atoms with Crippen molar-refractivity contribution in [1.82, 2.24) is 9.13 Å². The van der Waals surface area contributed by atoms with Gasteiger partial charge in [0.05, 0.1) is 8.07 Å². The molecule has 0 aliphatic heterocycles. The van der Waals surface area contributed by atoms with E-state index in [0.717, 1.165) is 0 Å². The van der Waals surface area contributed by atoms with Crippen LogP contribution in [0.1, 0.15) is 79.1 Å². The van der Waals surface area contributed by atoms with Crippen molar-refractivity contribution in [2.24, 2.45) is 0 Å². The first-order valence-corrected chi connectivity index (χ1v) is 17.3. The maximum atomic E-state index is 4.23. The van der Waals surface area contributed by atoms with E-state index in [-0.39, 0.29) is 0 Å². The van der Waals surface area contributed by atoms with Gasteiger partial charge < -0.3 is 9.13 Å². The fraction of sp³-hybridized carbons (Fsp3) is 0.909. The van der Waals surface area contributed by atoms with E-state index in [9.17, 15) is 0 Å². The highest BCUT2D eigenvalue weighted by Crippen LogP contribution is 2.29. The molecule has 0 N–H and O–H groups in total. The Kier molecular flexibility index (Phi) is 14.2. The molecule has 0 aromatic carbocycles. The maximum absolute atomic E-state index is 4.23. The SMILES string of the molecule is C=C[Si](C)(C)C[Si](C)(N(CCCC)CCCC)N(CCCC)CCCC. The van der Waals surface area contributed by atoms with Crippen molar-refractivity contribution in [3.8, 4) is 0 Å². The predicted molar refractivity (Wildman–Crippen MR) is 127 cm³/mol. The number of hydrogen-bond donors (Lipinski definition) is 0. The average molecular weight is 399 g/mol. The first-order chi connectivity index (χ1) is 12.3. The number of nitrogens with zero attached hydrogens (tertiary/aromatic N) is 2. The summed E-state index contributed by atoms with van der Waals surface area (Å²) in [6.07, 6.45) is 10.6. The number of rotatable bonds is 17. The van der Waals surface area contributed by atoms with Gasteiger partial charge in [0.15, 0.2) is 0 Å². The third-order valence-corrected chi connectivity index (χ3v) is 16.9. The van der Waals surface area contributed by atoms with Crippen molar-refractivity contribution in [3.05, 3.63) is 12.3 Å². The summed E-state index contributed by atoms with van der Waals surface area (Å²) in [6.45, 7) is 26.5. The fourth-order valence-corrected chi connectivity index (χ4v) is 16.2. The highest BCUT2D eigenvalue weighted by atomic mass is 28.4. The van der Waals surface area contributed by atoms with Gasteiger partial charge in [-0.1, -0.05) is 66.5 Å². The normalized spacial score (nSPS) is 13.0. The van der Waals surface area contributed by atoms with Crippen LogP contribution in [-0.4, -0.2) is 51.8 Å². The van der Waals surface area contributed by atoms with Gasteiger partial charge in [-0.15, -0.1) is 12.3 Å². The molecular formula is C22H50N2Si2. The van der Waals surface area contributed by atoms with Gasteiger partial charge in [0.25, 0.3) is 0 Å². The minimum atomic E-state index is -1.66. The molecule has 0 rings (SSSR count). The minimum absolute atomic E-state index is 1.30. The van der Waals surface area contributed by atoms with E-state index in [1.54, 1.807) is 0 Å². The maximum Gasteiger partial charge on any atom is 0.201 e. The van der Waals surface area contributed by atoms with Crippen molar-refractivity contribution in [2.75, 3.05) is 26.2 Å². The summed E-state index contributed by atoms with van der Waals surface area (Å²) in [5, 5.41) is 0. The van der Waals surface area contributed by atoms with Gasteiger partial charge in [-0.25, -0.2) is 0 Å². The zero-order chi connectivity index (χ0) is 20.1. The standard InChI is InChI=1S/C22H50N2Si2/c1-9-14-18-23(19-15-10-2)26(8,22-25(6,7)13-5)24(20-16-11-3)21-17-12-4/h13H,5,9-12,14-22H2,1-4,6-8H3. The van der Waals surface area contributed by atoms with Gasteiger partial charge in [-0.3, -0.25) is 0 Å². The van der Waals surface area contributed by atoms with Gasteiger partial charge in [-0.05, 0) is 64.1 Å². The minimum Gasteiger partial charge on any atom is -0.312 e. The van der Waals surface area contributed by atoms with Crippen LogP contribution in [0.25, 0.3) is 0 Å². The van der Waals surface area contributed by atoms with Crippen LogP contribution in [0.5, 0.6) is 0 Å². The molecule has 2 nitrogen and oxygen atoms in total. The number of unbranched alkanes of at least 4 members (excludes halogenated alkanes) is 4. The zero-order valence-corrected chi connectivity index (χ0v) is 21.4. The Hall–Kier alpha value is 0.0938. The molecule has 0 saturated heterocycles. The Morgan fingerprint density at radius 2 is 0.962 bits per heavy atom. The smallest absolute Gasteiger partial charge is 0.201 e. The van der Waals surface area contributed by atoms with Crippen molar-refractivity contribution in [1.29, 1.82) is 0 Å². The van der Waals surface area contributed by atoms with Crippen LogP contribution in [0.2, 0.25) is 25.3 Å². The lowest BCUT2D eigenvalue weighted by Crippen LogP contribution is -2.67. The second kappa shape index (κ2) is 14.1. The van der Waals surface area contributed by atoms with Gasteiger partial charge in [0.1, 0.15) is 0 Å². The Morgan fingerprint density at radius 3 is 1.19 bits per heavy atom. The van der Waals surface area contributed by atoms with E-state index < -0.39 is 16.5 Å². The molecule has 156 valence electrons. The quantitative estimate of drug-likeness (QED) is 0.248. The van der Waals surface area contributed by atoms with Crippen molar-refractivity contribution >= 4 is 16.5 Å². The average Bonchev–Trinajstić information content (AvgIpc) is 2.61. The third-order valence-electron chi connectivity index (χ3n) is 5.83. The molecule has 0 heterocycles. The van der Waals surface area contributed by atoms with Crippen LogP contribution >= 0.6 is 0 Å². The second-order valence-electron chi connectivity index (χ2n) is 8.97. The molecule has 0 aliphatic rings. The van der Waals surface area contributed by atoms with Crippen LogP contribution in [0.3, 0.4) is 0 Å². The van der Waals surface area contributed by atoms with Crippen LogP contribution in [0.4, 0.5) is 0 Å². The molecule has 4 heteroatoms. The summed E-state index contributed by atoms with van der Waals surface area (Å²) in [7, 11) is -3.01. The van der Waals surface area contributed by atoms with Crippen LogP contribution in [0, 0.1) is 0 Å². The summed E-state index contributed by atoms with van der Waals surface area (Å²) in [4.78, 5) is 0. The molecule has 0 saturated carbocycles. The van der Waals surface area contributed by atoms with E-state index in [2.05, 4.69) is 68.7 Å². The summed E-state index contributed by atoms with van der Waals surface area (Å²) in [5.74, 6) is 0.